The standard InChI is InChI=1S/C14H18N4O3/c1-8-11-12(18-5-3-4-9(18)7-19)10(14(20)21)6-15-13(11)17(2)16-8/h6,9,19H,3-5,7H2,1-2H3,(H,20,21). The maximum absolute atomic E-state index is 11.6. The Bertz CT molecular complexity index is 710. The predicted molar refractivity (Wildman–Crippen MR) is 77.7 cm³/mol. The number of aliphatic hydroxyl groups is 1. The van der Waals surface area contributed by atoms with Crippen molar-refractivity contribution in [2.24, 2.45) is 7.05 Å². The van der Waals surface area contributed by atoms with Crippen LogP contribution in [-0.2, 0) is 7.05 Å². The van der Waals surface area contributed by atoms with Gasteiger partial charge in [-0.2, -0.15) is 5.10 Å². The highest BCUT2D eigenvalue weighted by molar-refractivity contribution is 6.05. The predicted octanol–water partition coefficient (Wildman–Crippen LogP) is 0.936. The fourth-order valence-corrected chi connectivity index (χ4v) is 3.17. The number of carbonyl (C=O) groups is 1. The number of carboxylic acids is 1. The van der Waals surface area contributed by atoms with Crippen LogP contribution in [0.2, 0.25) is 0 Å². The van der Waals surface area contributed by atoms with Crippen LogP contribution in [0.4, 0.5) is 5.69 Å². The monoisotopic (exact) mass is 290 g/mol. The van der Waals surface area contributed by atoms with Crippen molar-refractivity contribution in [1.82, 2.24) is 14.8 Å². The molecule has 1 saturated heterocycles. The van der Waals surface area contributed by atoms with Crippen LogP contribution in [0.5, 0.6) is 0 Å². The van der Waals surface area contributed by atoms with Gasteiger partial charge in [-0.05, 0) is 19.8 Å². The first kappa shape index (κ1) is 13.8. The number of aryl methyl sites for hydroxylation is 2. The summed E-state index contributed by atoms with van der Waals surface area (Å²) in [6, 6.07) is -0.0479. The number of fused-ring (bicyclic) bond motifs is 1. The van der Waals surface area contributed by atoms with Crippen molar-refractivity contribution in [3.63, 3.8) is 0 Å². The van der Waals surface area contributed by atoms with Gasteiger partial charge >= 0.3 is 5.97 Å². The second kappa shape index (κ2) is 5.00. The number of rotatable bonds is 3. The Morgan fingerprint density at radius 1 is 1.52 bits per heavy atom. The van der Waals surface area contributed by atoms with Crippen LogP contribution in [0.1, 0.15) is 28.9 Å². The van der Waals surface area contributed by atoms with Gasteiger partial charge in [0.15, 0.2) is 5.65 Å². The minimum atomic E-state index is -1.01. The highest BCUT2D eigenvalue weighted by atomic mass is 16.4. The Labute approximate surface area is 121 Å². The molecule has 0 aliphatic carbocycles. The molecule has 0 bridgehead atoms. The summed E-state index contributed by atoms with van der Waals surface area (Å²) in [5, 5.41) is 24.1. The number of aromatic nitrogens is 3. The molecule has 1 atom stereocenters. The van der Waals surface area contributed by atoms with Crippen molar-refractivity contribution in [2.75, 3.05) is 18.1 Å². The zero-order chi connectivity index (χ0) is 15.1. The minimum Gasteiger partial charge on any atom is -0.478 e. The summed E-state index contributed by atoms with van der Waals surface area (Å²) in [5.41, 5.74) is 2.21. The van der Waals surface area contributed by atoms with E-state index in [0.29, 0.717) is 11.3 Å². The number of aliphatic hydroxyl groups excluding tert-OH is 1. The van der Waals surface area contributed by atoms with Gasteiger partial charge in [0, 0.05) is 19.8 Å². The van der Waals surface area contributed by atoms with E-state index in [1.807, 2.05) is 11.8 Å². The van der Waals surface area contributed by atoms with Gasteiger partial charge in [0.25, 0.3) is 0 Å². The Hall–Kier alpha value is -2.15. The first-order chi connectivity index (χ1) is 10.0. The van der Waals surface area contributed by atoms with Gasteiger partial charge in [-0.15, -0.1) is 0 Å². The van der Waals surface area contributed by atoms with E-state index in [1.165, 1.54) is 6.20 Å². The molecule has 0 aromatic carbocycles. The van der Waals surface area contributed by atoms with Crippen LogP contribution in [0, 0.1) is 6.92 Å². The van der Waals surface area contributed by atoms with E-state index in [0.717, 1.165) is 30.5 Å². The molecule has 2 aromatic heterocycles. The first-order valence-electron chi connectivity index (χ1n) is 6.97. The SMILES string of the molecule is Cc1nn(C)c2ncc(C(=O)O)c(N3CCCC3CO)c12. The van der Waals surface area contributed by atoms with Crippen LogP contribution >= 0.6 is 0 Å². The maximum atomic E-state index is 11.6. The zero-order valence-corrected chi connectivity index (χ0v) is 12.1. The van der Waals surface area contributed by atoms with Gasteiger partial charge in [-0.1, -0.05) is 0 Å². The Kier molecular flexibility index (Phi) is 3.29. The molecule has 2 N–H and O–H groups in total. The summed E-state index contributed by atoms with van der Waals surface area (Å²) in [7, 11) is 1.79. The molecule has 0 amide bonds. The second-order valence-electron chi connectivity index (χ2n) is 5.41. The van der Waals surface area contributed by atoms with E-state index in [9.17, 15) is 15.0 Å². The number of pyridine rings is 1. The third-order valence-electron chi connectivity index (χ3n) is 4.11. The molecule has 3 rings (SSSR count). The number of hydrogen-bond acceptors (Lipinski definition) is 5. The smallest absolute Gasteiger partial charge is 0.339 e. The maximum Gasteiger partial charge on any atom is 0.339 e. The highest BCUT2D eigenvalue weighted by Crippen LogP contribution is 2.36. The van der Waals surface area contributed by atoms with Crippen LogP contribution in [0.25, 0.3) is 11.0 Å². The summed E-state index contributed by atoms with van der Waals surface area (Å²) in [4.78, 5) is 17.8. The normalized spacial score (nSPS) is 18.6. The molecule has 1 aliphatic heterocycles. The van der Waals surface area contributed by atoms with Gasteiger partial charge in [-0.25, -0.2) is 9.78 Å². The lowest BCUT2D eigenvalue weighted by Gasteiger charge is -2.27. The Morgan fingerprint density at radius 3 is 2.95 bits per heavy atom. The average Bonchev–Trinajstić information content (AvgIpc) is 3.03. The molecule has 1 unspecified atom stereocenters. The molecule has 0 radical (unpaired) electrons. The lowest BCUT2D eigenvalue weighted by Crippen LogP contribution is -2.33. The summed E-state index contributed by atoms with van der Waals surface area (Å²) in [6.45, 7) is 2.60. The van der Waals surface area contributed by atoms with Gasteiger partial charge in [0.1, 0.15) is 5.56 Å². The van der Waals surface area contributed by atoms with E-state index in [4.69, 9.17) is 0 Å². The molecular formula is C14H18N4O3. The minimum absolute atomic E-state index is 0.0161. The van der Waals surface area contributed by atoms with E-state index in [-0.39, 0.29) is 18.2 Å². The lowest BCUT2D eigenvalue weighted by molar-refractivity contribution is 0.0697. The highest BCUT2D eigenvalue weighted by Gasteiger charge is 2.30. The Balaban J connectivity index is 2.31. The van der Waals surface area contributed by atoms with E-state index >= 15 is 0 Å². The molecule has 3 heterocycles. The van der Waals surface area contributed by atoms with Gasteiger partial charge in [0.2, 0.25) is 0 Å². The molecule has 7 nitrogen and oxygen atoms in total. The summed E-state index contributed by atoms with van der Waals surface area (Å²) in [6.07, 6.45) is 3.18. The summed E-state index contributed by atoms with van der Waals surface area (Å²) in [5.74, 6) is -1.01. The number of nitrogens with zero attached hydrogens (tertiary/aromatic N) is 4. The van der Waals surface area contributed by atoms with Crippen LogP contribution in [-0.4, -0.2) is 50.1 Å². The molecule has 2 aromatic rings. The molecular weight excluding hydrogens is 272 g/mol. The van der Waals surface area contributed by atoms with Gasteiger partial charge < -0.3 is 15.1 Å². The number of anilines is 1. The van der Waals surface area contributed by atoms with Crippen molar-refractivity contribution < 1.29 is 15.0 Å². The molecule has 21 heavy (non-hydrogen) atoms. The van der Waals surface area contributed by atoms with Crippen LogP contribution in [0.15, 0.2) is 6.20 Å². The zero-order valence-electron chi connectivity index (χ0n) is 12.1. The third kappa shape index (κ3) is 2.04. The van der Waals surface area contributed by atoms with E-state index < -0.39 is 5.97 Å². The summed E-state index contributed by atoms with van der Waals surface area (Å²) < 4.78 is 1.66. The van der Waals surface area contributed by atoms with Crippen LogP contribution < -0.4 is 4.90 Å². The number of aromatic carboxylic acids is 1. The van der Waals surface area contributed by atoms with Crippen molar-refractivity contribution in [2.45, 2.75) is 25.8 Å². The molecule has 0 saturated carbocycles. The van der Waals surface area contributed by atoms with Crippen LogP contribution in [0.3, 0.4) is 0 Å². The van der Waals surface area contributed by atoms with Crippen molar-refractivity contribution >= 4 is 22.7 Å². The molecule has 7 heteroatoms. The van der Waals surface area contributed by atoms with Gasteiger partial charge in [0.05, 0.1) is 29.4 Å². The molecule has 1 fully saturated rings. The molecule has 0 spiro atoms. The number of hydrogen-bond donors (Lipinski definition) is 2. The second-order valence-corrected chi connectivity index (χ2v) is 5.41. The molecule has 112 valence electrons. The van der Waals surface area contributed by atoms with Crippen molar-refractivity contribution in [3.05, 3.63) is 17.5 Å². The quantitative estimate of drug-likeness (QED) is 0.874. The molecule has 1 aliphatic rings. The fraction of sp³-hybridized carbons (Fsp3) is 0.500. The lowest BCUT2D eigenvalue weighted by atomic mass is 10.1. The number of carboxylic acid groups (broad SMARTS) is 1. The van der Waals surface area contributed by atoms with E-state index in [2.05, 4.69) is 10.1 Å². The largest absolute Gasteiger partial charge is 0.478 e. The van der Waals surface area contributed by atoms with Crippen molar-refractivity contribution in [1.29, 1.82) is 0 Å². The summed E-state index contributed by atoms with van der Waals surface area (Å²) >= 11 is 0. The van der Waals surface area contributed by atoms with E-state index in [1.54, 1.807) is 11.7 Å². The van der Waals surface area contributed by atoms with Gasteiger partial charge in [-0.3, -0.25) is 4.68 Å². The van der Waals surface area contributed by atoms with Crippen molar-refractivity contribution in [3.8, 4) is 0 Å². The first-order valence-corrected chi connectivity index (χ1v) is 6.97. The Morgan fingerprint density at radius 2 is 2.29 bits per heavy atom. The topological polar surface area (TPSA) is 91.5 Å². The average molecular weight is 290 g/mol. The fourth-order valence-electron chi connectivity index (χ4n) is 3.17. The third-order valence-corrected chi connectivity index (χ3v) is 4.11.